The number of carbonyl (C=O) groups is 1. The summed E-state index contributed by atoms with van der Waals surface area (Å²) < 4.78 is 13.1. The quantitative estimate of drug-likeness (QED) is 0.236. The van der Waals surface area contributed by atoms with Gasteiger partial charge in [-0.05, 0) is 57.0 Å². The highest BCUT2D eigenvalue weighted by Crippen LogP contribution is 2.41. The normalized spacial score (nSPS) is 11.5. The molecule has 0 fully saturated rings. The lowest BCUT2D eigenvalue weighted by Crippen LogP contribution is -2.26. The fraction of sp³-hybridized carbons (Fsp3) is 0.194. The first kappa shape index (κ1) is 24.3. The Balaban J connectivity index is 1.77. The van der Waals surface area contributed by atoms with Gasteiger partial charge in [0.1, 0.15) is 11.3 Å². The number of aromatic nitrogens is 3. The van der Waals surface area contributed by atoms with E-state index in [4.69, 9.17) is 19.6 Å². The molecule has 0 saturated carbocycles. The van der Waals surface area contributed by atoms with Crippen molar-refractivity contribution in [3.05, 3.63) is 96.6 Å². The molecule has 5 aromatic rings. The van der Waals surface area contributed by atoms with Gasteiger partial charge >= 0.3 is 6.16 Å². The fourth-order valence-electron chi connectivity index (χ4n) is 4.13. The first-order valence-corrected chi connectivity index (χ1v) is 12.4. The summed E-state index contributed by atoms with van der Waals surface area (Å²) in [6.07, 6.45) is 0.129. The summed E-state index contributed by atoms with van der Waals surface area (Å²) >= 11 is 0. The van der Waals surface area contributed by atoms with Crippen LogP contribution < -0.4 is 4.74 Å². The molecule has 0 saturated heterocycles. The van der Waals surface area contributed by atoms with Gasteiger partial charge in [0.15, 0.2) is 0 Å². The molecule has 0 bridgehead atoms. The van der Waals surface area contributed by atoms with Gasteiger partial charge in [0.05, 0.1) is 22.5 Å². The van der Waals surface area contributed by atoms with E-state index >= 15 is 0 Å². The Morgan fingerprint density at radius 3 is 2.27 bits per heavy atom. The van der Waals surface area contributed by atoms with Crippen LogP contribution in [0.1, 0.15) is 33.3 Å². The van der Waals surface area contributed by atoms with Crippen LogP contribution >= 0.6 is 0 Å². The molecule has 6 heteroatoms. The molecule has 2 aromatic heterocycles. The van der Waals surface area contributed by atoms with Crippen LogP contribution in [-0.2, 0) is 11.2 Å². The molecular formula is C31H29N3O3. The number of rotatable bonds is 5. The van der Waals surface area contributed by atoms with Gasteiger partial charge in [0.25, 0.3) is 0 Å². The highest BCUT2D eigenvalue weighted by molar-refractivity contribution is 5.89. The molecule has 0 radical (unpaired) electrons. The Kier molecular flexibility index (Phi) is 6.49. The van der Waals surface area contributed by atoms with E-state index in [1.54, 1.807) is 25.5 Å². The molecule has 0 aliphatic heterocycles. The van der Waals surface area contributed by atoms with E-state index in [0.29, 0.717) is 17.0 Å². The van der Waals surface area contributed by atoms with E-state index in [2.05, 4.69) is 19.1 Å². The van der Waals surface area contributed by atoms with Crippen LogP contribution in [0.15, 0.2) is 91.0 Å². The van der Waals surface area contributed by atoms with Gasteiger partial charge in [-0.15, -0.1) is 0 Å². The van der Waals surface area contributed by atoms with Crippen LogP contribution in [-0.4, -0.2) is 26.5 Å². The fourth-order valence-corrected chi connectivity index (χ4v) is 4.13. The minimum absolute atomic E-state index is 0.248. The molecule has 37 heavy (non-hydrogen) atoms. The molecule has 0 spiro atoms. The van der Waals surface area contributed by atoms with E-state index in [-0.39, 0.29) is 5.88 Å². The summed E-state index contributed by atoms with van der Waals surface area (Å²) in [6.45, 7) is 7.52. The van der Waals surface area contributed by atoms with Crippen molar-refractivity contribution < 1.29 is 14.3 Å². The number of nitrogens with zero attached hydrogens (tertiary/aromatic N) is 3. The summed E-state index contributed by atoms with van der Waals surface area (Å²) in [5.74, 6) is 0.248. The molecule has 0 atom stereocenters. The Morgan fingerprint density at radius 1 is 0.865 bits per heavy atom. The van der Waals surface area contributed by atoms with Crippen molar-refractivity contribution >= 4 is 17.1 Å². The Hall–Kier alpha value is -4.45. The number of carbonyl (C=O) groups excluding carboxylic acids is 1. The van der Waals surface area contributed by atoms with Crippen LogP contribution in [0.25, 0.3) is 39.1 Å². The minimum Gasteiger partial charge on any atom is -0.428 e. The largest absolute Gasteiger partial charge is 0.515 e. The first-order valence-electron chi connectivity index (χ1n) is 12.4. The van der Waals surface area contributed by atoms with E-state index < -0.39 is 11.8 Å². The maximum atomic E-state index is 12.9. The summed E-state index contributed by atoms with van der Waals surface area (Å²) in [7, 11) is 0. The summed E-state index contributed by atoms with van der Waals surface area (Å²) in [5, 5.41) is 5.97. The molecule has 0 N–H and O–H groups in total. The monoisotopic (exact) mass is 491 g/mol. The molecule has 0 aliphatic carbocycles. The predicted octanol–water partition coefficient (Wildman–Crippen LogP) is 7.63. The zero-order chi connectivity index (χ0) is 26.0. The van der Waals surface area contributed by atoms with E-state index in [0.717, 1.165) is 28.6 Å². The van der Waals surface area contributed by atoms with Crippen molar-refractivity contribution in [1.29, 1.82) is 0 Å². The van der Waals surface area contributed by atoms with E-state index in [1.165, 1.54) is 5.56 Å². The molecule has 3 aromatic carbocycles. The van der Waals surface area contributed by atoms with Gasteiger partial charge in [-0.1, -0.05) is 73.7 Å². The number of fused-ring (bicyclic) bond motifs is 1. The van der Waals surface area contributed by atoms with Gasteiger partial charge in [-0.2, -0.15) is 9.78 Å². The van der Waals surface area contributed by atoms with Crippen molar-refractivity contribution in [1.82, 2.24) is 14.8 Å². The van der Waals surface area contributed by atoms with Gasteiger partial charge in [0, 0.05) is 10.9 Å². The second-order valence-corrected chi connectivity index (χ2v) is 9.78. The van der Waals surface area contributed by atoms with E-state index in [9.17, 15) is 4.79 Å². The molecule has 2 heterocycles. The van der Waals surface area contributed by atoms with E-state index in [1.807, 2.05) is 78.9 Å². The Bertz CT molecular complexity index is 1550. The van der Waals surface area contributed by atoms with Gasteiger partial charge < -0.3 is 9.47 Å². The SMILES string of the molecule is CCc1ccc(-c2nn(-c3ccccc3)c(OC(=O)OC(C)(C)C)c2-c2ccc3ccccc3n2)cc1. The number of aryl methyl sites for hydroxylation is 1. The van der Waals surface area contributed by atoms with Gasteiger partial charge in [0.2, 0.25) is 5.88 Å². The van der Waals surface area contributed by atoms with Crippen LogP contribution in [0.4, 0.5) is 4.79 Å². The van der Waals surface area contributed by atoms with Gasteiger partial charge in [-0.25, -0.2) is 9.78 Å². The second kappa shape index (κ2) is 9.90. The predicted molar refractivity (Wildman–Crippen MR) is 146 cm³/mol. The standard InChI is InChI=1S/C31H29N3O3/c1-5-21-15-17-23(18-16-21)28-27(26-20-19-22-11-9-10-14-25(22)32-26)29(36-30(35)37-31(2,3)4)34(33-28)24-12-7-6-8-13-24/h6-20H,5H2,1-4H3. The second-order valence-electron chi connectivity index (χ2n) is 9.78. The Morgan fingerprint density at radius 2 is 1.57 bits per heavy atom. The molecule has 6 nitrogen and oxygen atoms in total. The van der Waals surface area contributed by atoms with Crippen molar-refractivity contribution in [3.63, 3.8) is 0 Å². The summed E-state index contributed by atoms with van der Waals surface area (Å²) in [6, 6.07) is 29.7. The maximum absolute atomic E-state index is 12.9. The number of hydrogen-bond donors (Lipinski definition) is 0. The molecule has 0 aliphatic rings. The minimum atomic E-state index is -0.806. The number of benzene rings is 3. The van der Waals surface area contributed by atoms with Crippen LogP contribution in [0, 0.1) is 0 Å². The number of pyridine rings is 1. The van der Waals surface area contributed by atoms with Crippen LogP contribution in [0.3, 0.4) is 0 Å². The van der Waals surface area contributed by atoms with Crippen molar-refractivity contribution in [3.8, 4) is 34.1 Å². The summed E-state index contributed by atoms with van der Waals surface area (Å²) in [4.78, 5) is 17.9. The summed E-state index contributed by atoms with van der Waals surface area (Å²) in [5.41, 5.74) is 4.91. The lowest BCUT2D eigenvalue weighted by Gasteiger charge is -2.19. The molecule has 5 rings (SSSR count). The number of hydrogen-bond acceptors (Lipinski definition) is 5. The average Bonchev–Trinajstić information content (AvgIpc) is 3.26. The van der Waals surface area contributed by atoms with Crippen LogP contribution in [0.2, 0.25) is 0 Å². The van der Waals surface area contributed by atoms with Gasteiger partial charge in [-0.3, -0.25) is 0 Å². The third-order valence-electron chi connectivity index (χ3n) is 5.90. The molecule has 0 unspecified atom stereocenters. The Labute approximate surface area is 216 Å². The zero-order valence-corrected chi connectivity index (χ0v) is 21.4. The highest BCUT2D eigenvalue weighted by atomic mass is 16.7. The van der Waals surface area contributed by atoms with Crippen molar-refractivity contribution in [2.45, 2.75) is 39.7 Å². The zero-order valence-electron chi connectivity index (χ0n) is 21.4. The molecule has 0 amide bonds. The van der Waals surface area contributed by atoms with Crippen LogP contribution in [0.5, 0.6) is 5.88 Å². The number of ether oxygens (including phenoxy) is 2. The maximum Gasteiger partial charge on any atom is 0.515 e. The lowest BCUT2D eigenvalue weighted by atomic mass is 10.0. The third-order valence-corrected chi connectivity index (χ3v) is 5.90. The molecular weight excluding hydrogens is 462 g/mol. The van der Waals surface area contributed by atoms with Crippen molar-refractivity contribution in [2.75, 3.05) is 0 Å². The first-order chi connectivity index (χ1) is 17.8. The van der Waals surface area contributed by atoms with Crippen molar-refractivity contribution in [2.24, 2.45) is 0 Å². The topological polar surface area (TPSA) is 66.2 Å². The lowest BCUT2D eigenvalue weighted by molar-refractivity contribution is 0.0193. The average molecular weight is 492 g/mol. The number of para-hydroxylation sites is 2. The molecule has 186 valence electrons. The third kappa shape index (κ3) is 5.23. The highest BCUT2D eigenvalue weighted by Gasteiger charge is 2.28. The smallest absolute Gasteiger partial charge is 0.428 e.